The number of carbonyl (C=O) groups is 2. The van der Waals surface area contributed by atoms with Crippen LogP contribution in [0, 0.1) is 0 Å². The van der Waals surface area contributed by atoms with E-state index in [1.165, 1.54) is 0 Å². The van der Waals surface area contributed by atoms with Gasteiger partial charge in [0.15, 0.2) is 11.6 Å². The van der Waals surface area contributed by atoms with Gasteiger partial charge in [-0.15, -0.1) is 0 Å². The molecule has 0 saturated carbocycles. The lowest BCUT2D eigenvalue weighted by molar-refractivity contribution is 0.0991. The van der Waals surface area contributed by atoms with Gasteiger partial charge in [-0.3, -0.25) is 14.5 Å². The number of anilines is 3. The number of benzene rings is 5. The van der Waals surface area contributed by atoms with E-state index in [1.807, 2.05) is 84.9 Å². The molecule has 4 nitrogen and oxygen atoms in total. The van der Waals surface area contributed by atoms with Crippen LogP contribution in [-0.2, 0) is 0 Å². The molecule has 0 unspecified atom stereocenters. The van der Waals surface area contributed by atoms with Crippen molar-refractivity contribution in [2.45, 2.75) is 9.79 Å². The van der Waals surface area contributed by atoms with Crippen molar-refractivity contribution in [1.82, 2.24) is 4.98 Å². The summed E-state index contributed by atoms with van der Waals surface area (Å²) >= 11 is 1.75. The quantitative estimate of drug-likeness (QED) is 0.127. The molecule has 8 rings (SSSR count). The summed E-state index contributed by atoms with van der Waals surface area (Å²) < 4.78 is 0. The van der Waals surface area contributed by atoms with Gasteiger partial charge in [-0.05, 0) is 69.6 Å². The van der Waals surface area contributed by atoms with Gasteiger partial charge < -0.3 is 0 Å². The predicted molar refractivity (Wildman–Crippen MR) is 161 cm³/mol. The summed E-state index contributed by atoms with van der Waals surface area (Å²) in [5.41, 5.74) is 4.01. The van der Waals surface area contributed by atoms with Crippen molar-refractivity contribution in [3.05, 3.63) is 138 Å². The van der Waals surface area contributed by atoms with E-state index in [0.29, 0.717) is 16.7 Å². The predicted octanol–water partition coefficient (Wildman–Crippen LogP) is 8.78. The Bertz CT molecular complexity index is 1960. The first-order chi connectivity index (χ1) is 19.7. The Kier molecular flexibility index (Phi) is 5.03. The molecule has 1 aliphatic carbocycles. The van der Waals surface area contributed by atoms with Crippen LogP contribution in [0.4, 0.5) is 17.2 Å². The van der Waals surface area contributed by atoms with Crippen LogP contribution in [0.2, 0.25) is 0 Å². The van der Waals surface area contributed by atoms with Gasteiger partial charge in [-0.1, -0.05) is 84.6 Å². The second-order valence-electron chi connectivity index (χ2n) is 9.88. The molecule has 188 valence electrons. The van der Waals surface area contributed by atoms with E-state index < -0.39 is 0 Å². The van der Waals surface area contributed by atoms with Crippen LogP contribution in [0.1, 0.15) is 26.3 Å². The number of nitrogens with zero attached hydrogens (tertiary/aromatic N) is 2. The summed E-state index contributed by atoms with van der Waals surface area (Å²) in [7, 11) is 0. The Hall–Kier alpha value is -5.00. The lowest BCUT2D eigenvalue weighted by Gasteiger charge is -2.31. The second-order valence-corrected chi connectivity index (χ2v) is 11.0. The fraction of sp³-hybridized carbons (Fsp3) is 0. The number of aromatic nitrogens is 1. The molecule has 5 heteroatoms. The topological polar surface area (TPSA) is 50.3 Å². The van der Waals surface area contributed by atoms with Gasteiger partial charge in [0, 0.05) is 27.1 Å². The number of fused-ring (bicyclic) bond motifs is 8. The van der Waals surface area contributed by atoms with E-state index in [9.17, 15) is 9.59 Å². The Labute approximate surface area is 234 Å². The SMILES string of the molecule is O=C1C(=Cc2ccc(N3c4ccccc4Sc4ccccc43)nc2)C(=O)c2c1c1ccccc1c1ccccc21. The van der Waals surface area contributed by atoms with Crippen LogP contribution >= 0.6 is 11.8 Å². The van der Waals surface area contributed by atoms with Crippen molar-refractivity contribution in [3.63, 3.8) is 0 Å². The third kappa shape index (κ3) is 3.31. The minimum Gasteiger partial charge on any atom is -0.293 e. The van der Waals surface area contributed by atoms with E-state index in [-0.39, 0.29) is 17.1 Å². The molecule has 1 aliphatic heterocycles. The largest absolute Gasteiger partial charge is 0.293 e. The van der Waals surface area contributed by atoms with E-state index in [2.05, 4.69) is 29.2 Å². The molecule has 40 heavy (non-hydrogen) atoms. The first-order valence-electron chi connectivity index (χ1n) is 13.1. The highest BCUT2D eigenvalue weighted by molar-refractivity contribution is 7.99. The number of ketones is 2. The highest BCUT2D eigenvalue weighted by Crippen LogP contribution is 2.50. The maximum Gasteiger partial charge on any atom is 0.198 e. The zero-order chi connectivity index (χ0) is 26.8. The molecule has 5 aromatic carbocycles. The fourth-order valence-corrected chi connectivity index (χ4v) is 6.91. The fourth-order valence-electron chi connectivity index (χ4n) is 5.85. The van der Waals surface area contributed by atoms with Crippen molar-refractivity contribution in [1.29, 1.82) is 0 Å². The minimum atomic E-state index is -0.234. The van der Waals surface area contributed by atoms with Crippen molar-refractivity contribution in [2.75, 3.05) is 4.90 Å². The maximum atomic E-state index is 13.7. The number of pyridine rings is 1. The van der Waals surface area contributed by atoms with E-state index in [0.717, 1.165) is 48.5 Å². The van der Waals surface area contributed by atoms with Crippen molar-refractivity contribution in [3.8, 4) is 0 Å². The monoisotopic (exact) mass is 532 g/mol. The smallest absolute Gasteiger partial charge is 0.198 e. The average Bonchev–Trinajstić information content (AvgIpc) is 3.26. The molecule has 0 radical (unpaired) electrons. The summed E-state index contributed by atoms with van der Waals surface area (Å²) in [4.78, 5) is 36.7. The van der Waals surface area contributed by atoms with Gasteiger partial charge in [0.2, 0.25) is 0 Å². The van der Waals surface area contributed by atoms with Crippen LogP contribution in [0.3, 0.4) is 0 Å². The van der Waals surface area contributed by atoms with Crippen LogP contribution in [0.5, 0.6) is 0 Å². The standard InChI is InChI=1S/C35H20N2O2S/c38-34-26(35(39)33-25-12-4-2-10-23(25)22-9-1-3-11-24(22)32(33)34)19-21-17-18-31(36-20-21)37-27-13-5-7-15-29(27)40-30-16-8-6-14-28(30)37/h1-20H. The first-order valence-corrected chi connectivity index (χ1v) is 13.9. The number of hydrogen-bond acceptors (Lipinski definition) is 5. The molecule has 0 amide bonds. The van der Waals surface area contributed by atoms with Crippen LogP contribution in [0.15, 0.2) is 131 Å². The zero-order valence-electron chi connectivity index (χ0n) is 21.2. The molecule has 0 bridgehead atoms. The van der Waals surface area contributed by atoms with Crippen LogP contribution < -0.4 is 4.90 Å². The Morgan fingerprint density at radius 1 is 0.575 bits per heavy atom. The summed E-state index contributed by atoms with van der Waals surface area (Å²) in [6, 6.07) is 36.0. The number of rotatable bonds is 2. The van der Waals surface area contributed by atoms with Gasteiger partial charge in [-0.25, -0.2) is 4.98 Å². The van der Waals surface area contributed by atoms with Gasteiger partial charge >= 0.3 is 0 Å². The molecule has 0 spiro atoms. The Morgan fingerprint density at radius 3 is 1.60 bits per heavy atom. The summed E-state index contributed by atoms with van der Waals surface area (Å²) in [6.45, 7) is 0. The van der Waals surface area contributed by atoms with Crippen LogP contribution in [0.25, 0.3) is 27.6 Å². The lowest BCUT2D eigenvalue weighted by atomic mass is 9.93. The third-order valence-electron chi connectivity index (χ3n) is 7.62. The normalized spacial score (nSPS) is 13.9. The highest BCUT2D eigenvalue weighted by Gasteiger charge is 2.36. The number of allylic oxidation sites excluding steroid dienone is 1. The molecule has 1 aromatic heterocycles. The minimum absolute atomic E-state index is 0.177. The van der Waals surface area contributed by atoms with Crippen molar-refractivity contribution >= 4 is 68.1 Å². The second kappa shape index (κ2) is 8.76. The third-order valence-corrected chi connectivity index (χ3v) is 8.75. The van der Waals surface area contributed by atoms with Gasteiger partial charge in [0.05, 0.1) is 16.9 Å². The van der Waals surface area contributed by atoms with E-state index >= 15 is 0 Å². The summed E-state index contributed by atoms with van der Waals surface area (Å²) in [5, 5.41) is 3.58. The summed E-state index contributed by atoms with van der Waals surface area (Å²) in [6.07, 6.45) is 3.41. The molecule has 0 N–H and O–H groups in total. The molecular formula is C35H20N2O2S. The average molecular weight is 533 g/mol. The number of hydrogen-bond donors (Lipinski definition) is 0. The molecule has 6 aromatic rings. The molecule has 0 fully saturated rings. The number of Topliss-reactive ketones (excluding diaryl/α,β-unsaturated/α-hetero) is 2. The van der Waals surface area contributed by atoms with Gasteiger partial charge in [0.25, 0.3) is 0 Å². The first kappa shape index (κ1) is 22.9. The molecule has 2 heterocycles. The maximum absolute atomic E-state index is 13.7. The molecule has 0 atom stereocenters. The highest BCUT2D eigenvalue weighted by atomic mass is 32.2. The molecular weight excluding hydrogens is 512 g/mol. The molecule has 0 saturated heterocycles. The molecule has 2 aliphatic rings. The summed E-state index contributed by atoms with van der Waals surface area (Å²) in [5.74, 6) is 0.301. The van der Waals surface area contributed by atoms with Crippen molar-refractivity contribution < 1.29 is 9.59 Å². The van der Waals surface area contributed by atoms with Gasteiger partial charge in [-0.2, -0.15) is 0 Å². The van der Waals surface area contributed by atoms with Gasteiger partial charge in [0.1, 0.15) is 5.82 Å². The Morgan fingerprint density at radius 2 is 1.07 bits per heavy atom. The van der Waals surface area contributed by atoms with E-state index in [1.54, 1.807) is 24.0 Å². The Balaban J connectivity index is 1.22. The lowest BCUT2D eigenvalue weighted by Crippen LogP contribution is -2.15. The van der Waals surface area contributed by atoms with E-state index in [4.69, 9.17) is 4.98 Å². The van der Waals surface area contributed by atoms with Crippen LogP contribution in [-0.4, -0.2) is 16.6 Å². The number of para-hydroxylation sites is 2. The zero-order valence-corrected chi connectivity index (χ0v) is 22.0. The van der Waals surface area contributed by atoms with Crippen molar-refractivity contribution in [2.24, 2.45) is 0 Å². The number of carbonyl (C=O) groups excluding carboxylic acids is 2.